The summed E-state index contributed by atoms with van der Waals surface area (Å²) in [6, 6.07) is 11.4. The molecule has 2 heterocycles. The molecule has 0 fully saturated rings. The van der Waals surface area contributed by atoms with E-state index in [9.17, 15) is 4.79 Å². The number of nitrogens with zero attached hydrogens (tertiary/aromatic N) is 3. The highest BCUT2D eigenvalue weighted by Crippen LogP contribution is 2.26. The van der Waals surface area contributed by atoms with Crippen molar-refractivity contribution in [2.75, 3.05) is 6.54 Å². The van der Waals surface area contributed by atoms with Crippen LogP contribution >= 0.6 is 0 Å². The van der Waals surface area contributed by atoms with Crippen LogP contribution in [0.15, 0.2) is 65.8 Å². The highest BCUT2D eigenvalue weighted by Gasteiger charge is 2.23. The number of oxazole rings is 1. The second-order valence-corrected chi connectivity index (χ2v) is 5.74. The van der Waals surface area contributed by atoms with Crippen LogP contribution in [0.5, 0.6) is 0 Å². The molecule has 1 amide bonds. The van der Waals surface area contributed by atoms with Crippen molar-refractivity contribution in [2.45, 2.75) is 26.3 Å². The fourth-order valence-electron chi connectivity index (χ4n) is 3.03. The third kappa shape index (κ3) is 3.60. The number of benzene rings is 1. The van der Waals surface area contributed by atoms with Gasteiger partial charge in [0.2, 0.25) is 0 Å². The molecule has 0 spiro atoms. The van der Waals surface area contributed by atoms with Gasteiger partial charge in [-0.15, -0.1) is 0 Å². The average molecular weight is 335 g/mol. The first-order chi connectivity index (χ1) is 12.2. The number of carbonyl (C=O) groups is 1. The number of aromatic nitrogens is 2. The van der Waals surface area contributed by atoms with Crippen LogP contribution in [0, 0.1) is 0 Å². The summed E-state index contributed by atoms with van der Waals surface area (Å²) >= 11 is 0. The molecule has 128 valence electrons. The first kappa shape index (κ1) is 16.9. The number of hydrogen-bond acceptors (Lipinski definition) is 4. The molecule has 0 saturated carbocycles. The summed E-state index contributed by atoms with van der Waals surface area (Å²) in [7, 11) is 0. The van der Waals surface area contributed by atoms with Gasteiger partial charge < -0.3 is 9.32 Å². The zero-order valence-electron chi connectivity index (χ0n) is 14.4. The smallest absolute Gasteiger partial charge is 0.254 e. The highest BCUT2D eigenvalue weighted by molar-refractivity contribution is 5.95. The highest BCUT2D eigenvalue weighted by atomic mass is 16.3. The number of rotatable bonds is 6. The summed E-state index contributed by atoms with van der Waals surface area (Å²) in [5, 5.41) is 0. The lowest BCUT2D eigenvalue weighted by Gasteiger charge is -2.30. The van der Waals surface area contributed by atoms with Gasteiger partial charge in [0.1, 0.15) is 0 Å². The number of amides is 1. The predicted molar refractivity (Wildman–Crippen MR) is 95.9 cm³/mol. The summed E-state index contributed by atoms with van der Waals surface area (Å²) in [4.78, 5) is 22.9. The van der Waals surface area contributed by atoms with Crippen LogP contribution in [-0.4, -0.2) is 27.3 Å². The van der Waals surface area contributed by atoms with E-state index in [4.69, 9.17) is 4.42 Å². The van der Waals surface area contributed by atoms with Crippen LogP contribution in [0.4, 0.5) is 0 Å². The Morgan fingerprint density at radius 3 is 2.36 bits per heavy atom. The second-order valence-electron chi connectivity index (χ2n) is 5.74. The molecule has 5 nitrogen and oxygen atoms in total. The Labute approximate surface area is 147 Å². The Kier molecular flexibility index (Phi) is 5.23. The van der Waals surface area contributed by atoms with Crippen molar-refractivity contribution in [1.82, 2.24) is 14.9 Å². The molecule has 0 saturated heterocycles. The number of pyridine rings is 1. The fraction of sp³-hybridized carbons (Fsp3) is 0.250. The van der Waals surface area contributed by atoms with Crippen molar-refractivity contribution in [1.29, 1.82) is 0 Å². The molecular weight excluding hydrogens is 314 g/mol. The van der Waals surface area contributed by atoms with Gasteiger partial charge in [0.15, 0.2) is 12.2 Å². The third-order valence-electron chi connectivity index (χ3n) is 4.30. The van der Waals surface area contributed by atoms with Crippen LogP contribution in [0.1, 0.15) is 42.2 Å². The molecule has 0 N–H and O–H groups in total. The number of hydrogen-bond donors (Lipinski definition) is 0. The van der Waals surface area contributed by atoms with Gasteiger partial charge >= 0.3 is 0 Å². The maximum absolute atomic E-state index is 13.0. The normalized spacial score (nSPS) is 11.9. The van der Waals surface area contributed by atoms with E-state index in [0.717, 1.165) is 17.5 Å². The summed E-state index contributed by atoms with van der Waals surface area (Å²) in [6.07, 6.45) is 7.43. The fourth-order valence-corrected chi connectivity index (χ4v) is 3.03. The molecule has 0 aliphatic rings. The van der Waals surface area contributed by atoms with Crippen molar-refractivity contribution in [3.63, 3.8) is 0 Å². The zero-order valence-corrected chi connectivity index (χ0v) is 14.4. The summed E-state index contributed by atoms with van der Waals surface area (Å²) in [6.45, 7) is 4.74. The third-order valence-corrected chi connectivity index (χ3v) is 4.30. The molecule has 1 unspecified atom stereocenters. The van der Waals surface area contributed by atoms with E-state index in [0.29, 0.717) is 17.9 Å². The van der Waals surface area contributed by atoms with Gasteiger partial charge in [0.05, 0.1) is 12.2 Å². The van der Waals surface area contributed by atoms with E-state index in [1.807, 2.05) is 48.2 Å². The van der Waals surface area contributed by atoms with Gasteiger partial charge in [0.25, 0.3) is 5.91 Å². The molecule has 1 aromatic carbocycles. The summed E-state index contributed by atoms with van der Waals surface area (Å²) in [5.41, 5.74) is 2.67. The lowest BCUT2D eigenvalue weighted by atomic mass is 10.0. The average Bonchev–Trinajstić information content (AvgIpc) is 3.21. The van der Waals surface area contributed by atoms with Gasteiger partial charge in [-0.1, -0.05) is 19.1 Å². The van der Waals surface area contributed by atoms with E-state index in [-0.39, 0.29) is 11.9 Å². The molecule has 3 aromatic rings. The predicted octanol–water partition coefficient (Wildman–Crippen LogP) is 4.35. The molecule has 0 radical (unpaired) electrons. The SMILES string of the molecule is CCC(c1ccncc1)N(CC)C(=O)c1ccc(-c2cnco2)cc1. The Bertz CT molecular complexity index is 799. The molecule has 0 bridgehead atoms. The van der Waals surface area contributed by atoms with Crippen LogP contribution in [0.3, 0.4) is 0 Å². The second kappa shape index (κ2) is 7.75. The largest absolute Gasteiger partial charge is 0.444 e. The Morgan fingerprint density at radius 1 is 1.08 bits per heavy atom. The van der Waals surface area contributed by atoms with E-state index < -0.39 is 0 Å². The first-order valence-electron chi connectivity index (χ1n) is 8.44. The van der Waals surface area contributed by atoms with Crippen LogP contribution < -0.4 is 0 Å². The van der Waals surface area contributed by atoms with Crippen molar-refractivity contribution in [3.05, 3.63) is 72.5 Å². The van der Waals surface area contributed by atoms with Crippen molar-refractivity contribution in [3.8, 4) is 11.3 Å². The van der Waals surface area contributed by atoms with Crippen molar-refractivity contribution < 1.29 is 9.21 Å². The van der Waals surface area contributed by atoms with Crippen molar-refractivity contribution >= 4 is 5.91 Å². The summed E-state index contributed by atoms with van der Waals surface area (Å²) in [5.74, 6) is 0.713. The first-order valence-corrected chi connectivity index (χ1v) is 8.44. The van der Waals surface area contributed by atoms with Gasteiger partial charge in [-0.25, -0.2) is 4.98 Å². The number of carbonyl (C=O) groups excluding carboxylic acids is 1. The van der Waals surface area contributed by atoms with Crippen molar-refractivity contribution in [2.24, 2.45) is 0 Å². The van der Waals surface area contributed by atoms with E-state index in [1.54, 1.807) is 18.6 Å². The minimum absolute atomic E-state index is 0.0234. The standard InChI is InChI=1S/C20H21N3O2/c1-3-18(15-9-11-21-12-10-15)23(4-2)20(24)17-7-5-16(6-8-17)19-13-22-14-25-19/h5-14,18H,3-4H2,1-2H3. The molecule has 25 heavy (non-hydrogen) atoms. The van der Waals surface area contributed by atoms with Crippen LogP contribution in [0.25, 0.3) is 11.3 Å². The Morgan fingerprint density at radius 2 is 1.80 bits per heavy atom. The maximum Gasteiger partial charge on any atom is 0.254 e. The molecule has 2 aromatic heterocycles. The minimum Gasteiger partial charge on any atom is -0.444 e. The van der Waals surface area contributed by atoms with Crippen LogP contribution in [-0.2, 0) is 0 Å². The van der Waals surface area contributed by atoms with Gasteiger partial charge in [-0.2, -0.15) is 0 Å². The molecule has 1 atom stereocenters. The molecule has 3 rings (SSSR count). The molecule has 0 aliphatic carbocycles. The summed E-state index contributed by atoms with van der Waals surface area (Å²) < 4.78 is 5.29. The van der Waals surface area contributed by atoms with Gasteiger partial charge in [0, 0.05) is 30.1 Å². The molecular formula is C20H21N3O2. The molecule has 0 aliphatic heterocycles. The monoisotopic (exact) mass is 335 g/mol. The van der Waals surface area contributed by atoms with Gasteiger partial charge in [-0.3, -0.25) is 9.78 Å². The lowest BCUT2D eigenvalue weighted by molar-refractivity contribution is 0.0682. The Balaban J connectivity index is 1.84. The van der Waals surface area contributed by atoms with E-state index in [1.165, 1.54) is 6.39 Å². The van der Waals surface area contributed by atoms with Crippen LogP contribution in [0.2, 0.25) is 0 Å². The van der Waals surface area contributed by atoms with Gasteiger partial charge in [-0.05, 0) is 43.2 Å². The minimum atomic E-state index is 0.0234. The van der Waals surface area contributed by atoms with E-state index >= 15 is 0 Å². The quantitative estimate of drug-likeness (QED) is 0.672. The Hall–Kier alpha value is -2.95. The molecule has 5 heteroatoms. The topological polar surface area (TPSA) is 59.2 Å². The zero-order chi connectivity index (χ0) is 17.6. The lowest BCUT2D eigenvalue weighted by Crippen LogP contribution is -2.34. The van der Waals surface area contributed by atoms with E-state index in [2.05, 4.69) is 16.9 Å². The maximum atomic E-state index is 13.0.